The van der Waals surface area contributed by atoms with Crippen LogP contribution in [0.2, 0.25) is 5.02 Å². The average molecular weight is 487 g/mol. The van der Waals surface area contributed by atoms with Crippen LogP contribution in [0.1, 0.15) is 32.5 Å². The molecule has 174 valence electrons. The summed E-state index contributed by atoms with van der Waals surface area (Å²) in [5, 5.41) is 16.8. The lowest BCUT2D eigenvalue weighted by Crippen LogP contribution is -2.43. The first-order valence-electron chi connectivity index (χ1n) is 10.8. The molecule has 4 heterocycles. The van der Waals surface area contributed by atoms with Gasteiger partial charge in [-0.2, -0.15) is 5.10 Å². The number of thioether (sulfide) groups is 1. The fraction of sp³-hybridized carbons (Fsp3) is 0.391. The third-order valence-corrected chi connectivity index (χ3v) is 6.35. The molecule has 1 aliphatic heterocycles. The number of imidazole rings is 1. The summed E-state index contributed by atoms with van der Waals surface area (Å²) >= 11 is 7.64. The smallest absolute Gasteiger partial charge is 0.253 e. The lowest BCUT2D eigenvalue weighted by Gasteiger charge is -2.23. The second-order valence-electron chi connectivity index (χ2n) is 8.46. The number of nitrogens with zero attached hydrogens (tertiary/aromatic N) is 5. The van der Waals surface area contributed by atoms with Crippen LogP contribution in [-0.2, 0) is 11.3 Å². The fourth-order valence-corrected chi connectivity index (χ4v) is 4.56. The Morgan fingerprint density at radius 1 is 1.27 bits per heavy atom. The van der Waals surface area contributed by atoms with E-state index in [4.69, 9.17) is 11.6 Å². The molecule has 2 N–H and O–H groups in total. The molecule has 8 nitrogen and oxygen atoms in total. The van der Waals surface area contributed by atoms with Gasteiger partial charge in [0.15, 0.2) is 0 Å². The summed E-state index contributed by atoms with van der Waals surface area (Å²) < 4.78 is 1.92. The predicted octanol–water partition coefficient (Wildman–Crippen LogP) is 4.11. The van der Waals surface area contributed by atoms with Gasteiger partial charge >= 0.3 is 0 Å². The van der Waals surface area contributed by atoms with E-state index < -0.39 is 5.60 Å². The number of carbonyl (C=O) groups excluding carboxylic acids is 1. The number of benzene rings is 1. The van der Waals surface area contributed by atoms with Gasteiger partial charge in [-0.3, -0.25) is 14.5 Å². The third-order valence-electron chi connectivity index (χ3n) is 5.42. The van der Waals surface area contributed by atoms with Crippen molar-refractivity contribution in [2.24, 2.45) is 0 Å². The lowest BCUT2D eigenvalue weighted by molar-refractivity contribution is -0.146. The molecule has 0 spiro atoms. The number of halogens is 1. The van der Waals surface area contributed by atoms with Gasteiger partial charge in [0, 0.05) is 29.7 Å². The molecule has 1 saturated heterocycles. The summed E-state index contributed by atoms with van der Waals surface area (Å²) in [4.78, 5) is 25.1. The molecule has 1 amide bonds. The normalized spacial score (nSPS) is 14.0. The average Bonchev–Trinajstić information content (AvgIpc) is 3.52. The van der Waals surface area contributed by atoms with Crippen LogP contribution < -0.4 is 0 Å². The number of H-pyrrole nitrogens is 1. The van der Waals surface area contributed by atoms with E-state index in [1.165, 1.54) is 13.8 Å². The highest BCUT2D eigenvalue weighted by Gasteiger charge is 2.30. The van der Waals surface area contributed by atoms with Gasteiger partial charge < -0.3 is 15.0 Å². The van der Waals surface area contributed by atoms with Crippen molar-refractivity contribution in [3.05, 3.63) is 47.5 Å². The van der Waals surface area contributed by atoms with E-state index in [2.05, 4.69) is 20.1 Å². The van der Waals surface area contributed by atoms with E-state index in [0.29, 0.717) is 11.6 Å². The summed E-state index contributed by atoms with van der Waals surface area (Å²) in [5.74, 6) is 0.702. The number of amides is 1. The van der Waals surface area contributed by atoms with Crippen LogP contribution in [0.25, 0.3) is 21.9 Å². The maximum Gasteiger partial charge on any atom is 0.253 e. The van der Waals surface area contributed by atoms with E-state index in [-0.39, 0.29) is 5.91 Å². The zero-order chi connectivity index (χ0) is 23.6. The molecule has 1 fully saturated rings. The van der Waals surface area contributed by atoms with Crippen LogP contribution in [0.3, 0.4) is 0 Å². The molecular weight excluding hydrogens is 460 g/mol. The number of aliphatic hydroxyl groups is 1. The topological polar surface area (TPSA) is 99.9 Å². The van der Waals surface area contributed by atoms with Gasteiger partial charge in [-0.25, -0.2) is 4.98 Å². The number of fused-ring (bicyclic) bond motifs is 2. The minimum atomic E-state index is -1.19. The van der Waals surface area contributed by atoms with Gasteiger partial charge in [-0.15, -0.1) is 11.8 Å². The molecule has 5 rings (SSSR count). The second kappa shape index (κ2) is 9.70. The number of carbonyl (C=O) groups is 1. The van der Waals surface area contributed by atoms with Gasteiger partial charge in [-0.05, 0) is 57.2 Å². The third kappa shape index (κ3) is 5.31. The van der Waals surface area contributed by atoms with Gasteiger partial charge in [0.25, 0.3) is 5.91 Å². The number of hydrogen-bond donors (Lipinski definition) is 2. The highest BCUT2D eigenvalue weighted by Crippen LogP contribution is 2.25. The molecule has 0 unspecified atom stereocenters. The minimum absolute atomic E-state index is 0.144. The fourth-order valence-electron chi connectivity index (χ4n) is 3.82. The van der Waals surface area contributed by atoms with E-state index in [1.807, 2.05) is 41.4 Å². The van der Waals surface area contributed by atoms with Crippen molar-refractivity contribution in [2.45, 2.75) is 43.9 Å². The van der Waals surface area contributed by atoms with Crippen LogP contribution in [-0.4, -0.2) is 65.6 Å². The first kappa shape index (κ1) is 23.5. The highest BCUT2D eigenvalue weighted by atomic mass is 35.5. The first-order valence-corrected chi connectivity index (χ1v) is 12.4. The Hall–Kier alpha value is -2.62. The van der Waals surface area contributed by atoms with Crippen LogP contribution in [0.15, 0.2) is 41.7 Å². The van der Waals surface area contributed by atoms with Crippen molar-refractivity contribution < 1.29 is 9.90 Å². The molecule has 0 radical (unpaired) electrons. The number of hydrogen-bond acceptors (Lipinski definition) is 6. The van der Waals surface area contributed by atoms with Crippen molar-refractivity contribution in [2.75, 3.05) is 19.3 Å². The Bertz CT molecular complexity index is 1270. The van der Waals surface area contributed by atoms with Crippen molar-refractivity contribution in [1.82, 2.24) is 29.6 Å². The van der Waals surface area contributed by atoms with Gasteiger partial charge in [0.1, 0.15) is 16.5 Å². The van der Waals surface area contributed by atoms with Crippen molar-refractivity contribution in [3.8, 4) is 0 Å². The van der Waals surface area contributed by atoms with Crippen LogP contribution >= 0.6 is 23.4 Å². The number of aromatic nitrogens is 5. The molecular formula is C23H27ClN6O2S. The molecule has 10 heteroatoms. The molecule has 3 aromatic heterocycles. The summed E-state index contributed by atoms with van der Waals surface area (Å²) in [6, 6.07) is 7.62. The molecule has 0 saturated carbocycles. The molecule has 0 aliphatic carbocycles. The molecule has 4 aromatic rings. The molecule has 1 aliphatic rings. The van der Waals surface area contributed by atoms with E-state index in [9.17, 15) is 9.90 Å². The maximum atomic E-state index is 11.3. The van der Waals surface area contributed by atoms with Gasteiger partial charge in [0.05, 0.1) is 29.3 Å². The Balaban J connectivity index is 0.000000200. The van der Waals surface area contributed by atoms with E-state index in [0.717, 1.165) is 58.7 Å². The van der Waals surface area contributed by atoms with Crippen LogP contribution in [0.4, 0.5) is 0 Å². The second-order valence-corrected chi connectivity index (χ2v) is 9.69. The highest BCUT2D eigenvalue weighted by molar-refractivity contribution is 7.98. The van der Waals surface area contributed by atoms with Gasteiger partial charge in [0.2, 0.25) is 0 Å². The summed E-state index contributed by atoms with van der Waals surface area (Å²) in [7, 11) is 0. The van der Waals surface area contributed by atoms with Crippen LogP contribution in [0, 0.1) is 0 Å². The van der Waals surface area contributed by atoms with Crippen molar-refractivity contribution in [1.29, 1.82) is 0 Å². The maximum absolute atomic E-state index is 11.3. The quantitative estimate of drug-likeness (QED) is 0.421. The zero-order valence-electron chi connectivity index (χ0n) is 18.9. The lowest BCUT2D eigenvalue weighted by atomic mass is 10.1. The monoisotopic (exact) mass is 486 g/mol. The molecule has 1 aromatic carbocycles. The predicted molar refractivity (Wildman–Crippen MR) is 132 cm³/mol. The number of likely N-dealkylation sites (tertiary alicyclic amines) is 1. The number of aromatic amines is 1. The number of nitrogens with one attached hydrogen (secondary N) is 1. The molecule has 33 heavy (non-hydrogen) atoms. The summed E-state index contributed by atoms with van der Waals surface area (Å²) in [5.41, 5.74) is 1.65. The Morgan fingerprint density at radius 2 is 2.03 bits per heavy atom. The molecule has 0 atom stereocenters. The van der Waals surface area contributed by atoms with Crippen LogP contribution in [0.5, 0.6) is 0 Å². The van der Waals surface area contributed by atoms with E-state index >= 15 is 0 Å². The number of pyridine rings is 1. The van der Waals surface area contributed by atoms with Gasteiger partial charge in [-0.1, -0.05) is 11.6 Å². The Morgan fingerprint density at radius 3 is 2.73 bits per heavy atom. The standard InChI is InChI=1S/C15H12ClN5S.C8H15NO2/c1-22-15-10-4-5-17-7-13(10)21(20-15)8-14-18-11-3-2-9(16)6-12(11)19-14;1-8(2,11)7(10)9-5-3-4-6-9/h2-7H,8H2,1H3,(H,18,19);11H,3-6H2,1-2H3. The zero-order valence-corrected chi connectivity index (χ0v) is 20.4. The summed E-state index contributed by atoms with van der Waals surface area (Å²) in [6.07, 6.45) is 7.79. The molecule has 0 bridgehead atoms. The largest absolute Gasteiger partial charge is 0.381 e. The van der Waals surface area contributed by atoms with Crippen molar-refractivity contribution in [3.63, 3.8) is 0 Å². The number of rotatable bonds is 4. The summed E-state index contributed by atoms with van der Waals surface area (Å²) in [6.45, 7) is 5.25. The SMILES string of the molecule is CC(C)(O)C(=O)N1CCCC1.CSc1nn(Cc2nc3ccc(Cl)cc3[nH]2)c2cnccc12. The van der Waals surface area contributed by atoms with E-state index in [1.54, 1.807) is 22.9 Å². The Kier molecular flexibility index (Phi) is 6.92. The van der Waals surface area contributed by atoms with Crippen molar-refractivity contribution >= 4 is 51.2 Å². The minimum Gasteiger partial charge on any atom is -0.381 e. The first-order chi connectivity index (χ1) is 15.8. The Labute approximate surface area is 201 Å².